The molecular weight excluding hydrogens is 225 g/mol. The molecule has 0 aromatic heterocycles. The molecule has 1 atom stereocenters. The molecule has 0 spiro atoms. The first kappa shape index (κ1) is 13.4. The quantitative estimate of drug-likeness (QED) is 0.787. The maximum absolute atomic E-state index is 12.0. The molecule has 0 unspecified atom stereocenters. The predicted molar refractivity (Wildman–Crippen MR) is 62.0 cm³/mol. The first-order valence-electron chi connectivity index (χ1n) is 5.31. The molecule has 0 amide bonds. The van der Waals surface area contributed by atoms with Crippen molar-refractivity contribution in [3.05, 3.63) is 29.3 Å². The SMILES string of the molecule is Cc1ccc(C[C@H](N)C(=O)O)cc1OCCF. The van der Waals surface area contributed by atoms with Crippen LogP contribution in [-0.4, -0.2) is 30.4 Å². The molecular formula is C12H16FNO3. The molecule has 94 valence electrons. The molecule has 1 aromatic rings. The van der Waals surface area contributed by atoms with E-state index in [0.29, 0.717) is 5.75 Å². The topological polar surface area (TPSA) is 72.6 Å². The van der Waals surface area contributed by atoms with Crippen molar-refractivity contribution in [3.63, 3.8) is 0 Å². The van der Waals surface area contributed by atoms with Gasteiger partial charge >= 0.3 is 5.97 Å². The highest BCUT2D eigenvalue weighted by Gasteiger charge is 2.13. The van der Waals surface area contributed by atoms with E-state index >= 15 is 0 Å². The number of carboxylic acid groups (broad SMARTS) is 1. The third-order valence-corrected chi connectivity index (χ3v) is 2.36. The lowest BCUT2D eigenvalue weighted by Gasteiger charge is -2.11. The van der Waals surface area contributed by atoms with Crippen molar-refractivity contribution in [2.24, 2.45) is 5.73 Å². The van der Waals surface area contributed by atoms with Crippen LogP contribution in [0, 0.1) is 6.92 Å². The minimum Gasteiger partial charge on any atom is -0.491 e. The summed E-state index contributed by atoms with van der Waals surface area (Å²) in [6.07, 6.45) is 0.224. The Hall–Kier alpha value is -1.62. The highest BCUT2D eigenvalue weighted by Crippen LogP contribution is 2.20. The van der Waals surface area contributed by atoms with Crippen LogP contribution in [0.1, 0.15) is 11.1 Å². The molecule has 0 saturated carbocycles. The van der Waals surface area contributed by atoms with E-state index in [0.717, 1.165) is 11.1 Å². The largest absolute Gasteiger partial charge is 0.491 e. The number of halogens is 1. The molecule has 4 nitrogen and oxygen atoms in total. The lowest BCUT2D eigenvalue weighted by atomic mass is 10.0. The number of aryl methyl sites for hydroxylation is 1. The molecule has 0 radical (unpaired) electrons. The monoisotopic (exact) mass is 241 g/mol. The third kappa shape index (κ3) is 4.03. The Labute approximate surface area is 99.2 Å². The highest BCUT2D eigenvalue weighted by molar-refractivity contribution is 5.73. The van der Waals surface area contributed by atoms with Crippen molar-refractivity contribution in [3.8, 4) is 5.75 Å². The number of benzene rings is 1. The zero-order chi connectivity index (χ0) is 12.8. The number of hydrogen-bond donors (Lipinski definition) is 2. The minimum atomic E-state index is -1.04. The molecule has 0 aliphatic heterocycles. The average molecular weight is 241 g/mol. The van der Waals surface area contributed by atoms with Gasteiger partial charge in [-0.3, -0.25) is 4.79 Å². The Bertz CT molecular complexity index is 395. The van der Waals surface area contributed by atoms with Gasteiger partial charge in [0.25, 0.3) is 0 Å². The van der Waals surface area contributed by atoms with E-state index < -0.39 is 18.7 Å². The van der Waals surface area contributed by atoms with E-state index in [1.54, 1.807) is 18.2 Å². The van der Waals surface area contributed by atoms with Crippen LogP contribution in [0.3, 0.4) is 0 Å². The zero-order valence-electron chi connectivity index (χ0n) is 9.65. The molecule has 0 bridgehead atoms. The van der Waals surface area contributed by atoms with Crippen molar-refractivity contribution in [1.82, 2.24) is 0 Å². The van der Waals surface area contributed by atoms with Gasteiger partial charge in [-0.2, -0.15) is 0 Å². The predicted octanol–water partition coefficient (Wildman–Crippen LogP) is 1.30. The van der Waals surface area contributed by atoms with Crippen molar-refractivity contribution in [1.29, 1.82) is 0 Å². The molecule has 0 aliphatic rings. The summed E-state index contributed by atoms with van der Waals surface area (Å²) in [7, 11) is 0. The fourth-order valence-corrected chi connectivity index (χ4v) is 1.42. The zero-order valence-corrected chi connectivity index (χ0v) is 9.65. The second-order valence-electron chi connectivity index (χ2n) is 3.79. The van der Waals surface area contributed by atoms with Crippen molar-refractivity contribution >= 4 is 5.97 Å². The summed E-state index contributed by atoms with van der Waals surface area (Å²) < 4.78 is 17.2. The molecule has 5 heteroatoms. The normalized spacial score (nSPS) is 12.2. The number of rotatable bonds is 6. The molecule has 0 heterocycles. The lowest BCUT2D eigenvalue weighted by Crippen LogP contribution is -2.32. The number of aliphatic carboxylic acids is 1. The van der Waals surface area contributed by atoms with Gasteiger partial charge in [-0.15, -0.1) is 0 Å². The Morgan fingerprint density at radius 2 is 2.29 bits per heavy atom. The van der Waals surface area contributed by atoms with Gasteiger partial charge in [-0.1, -0.05) is 12.1 Å². The maximum Gasteiger partial charge on any atom is 0.320 e. The van der Waals surface area contributed by atoms with Crippen LogP contribution in [0.2, 0.25) is 0 Å². The van der Waals surface area contributed by atoms with Gasteiger partial charge in [0.1, 0.15) is 25.1 Å². The number of hydrogen-bond acceptors (Lipinski definition) is 3. The molecule has 1 aromatic carbocycles. The van der Waals surface area contributed by atoms with Crippen LogP contribution in [0.4, 0.5) is 4.39 Å². The van der Waals surface area contributed by atoms with Gasteiger partial charge in [0.15, 0.2) is 0 Å². The number of carbonyl (C=O) groups is 1. The van der Waals surface area contributed by atoms with E-state index in [-0.39, 0.29) is 13.0 Å². The fraction of sp³-hybridized carbons (Fsp3) is 0.417. The smallest absolute Gasteiger partial charge is 0.320 e. The Kier molecular flexibility index (Phi) is 4.90. The summed E-state index contributed by atoms with van der Waals surface area (Å²) >= 11 is 0. The van der Waals surface area contributed by atoms with Crippen molar-refractivity contribution in [2.45, 2.75) is 19.4 Å². The van der Waals surface area contributed by atoms with Crippen LogP contribution < -0.4 is 10.5 Å². The molecule has 0 aliphatic carbocycles. The number of ether oxygens (including phenoxy) is 1. The highest BCUT2D eigenvalue weighted by atomic mass is 19.1. The summed E-state index contributed by atoms with van der Waals surface area (Å²) in [6, 6.07) is 4.36. The molecule has 1 rings (SSSR count). The Morgan fingerprint density at radius 3 is 2.88 bits per heavy atom. The van der Waals surface area contributed by atoms with E-state index in [4.69, 9.17) is 15.6 Å². The Morgan fingerprint density at radius 1 is 1.59 bits per heavy atom. The van der Waals surface area contributed by atoms with E-state index in [9.17, 15) is 9.18 Å². The summed E-state index contributed by atoms with van der Waals surface area (Å²) in [6.45, 7) is 1.28. The van der Waals surface area contributed by atoms with Crippen LogP contribution >= 0.6 is 0 Å². The first-order valence-corrected chi connectivity index (χ1v) is 5.31. The van der Waals surface area contributed by atoms with Gasteiger partial charge in [-0.05, 0) is 30.5 Å². The van der Waals surface area contributed by atoms with Gasteiger partial charge < -0.3 is 15.6 Å². The van der Waals surface area contributed by atoms with Crippen molar-refractivity contribution in [2.75, 3.05) is 13.3 Å². The van der Waals surface area contributed by atoms with Crippen molar-refractivity contribution < 1.29 is 19.0 Å². The molecule has 17 heavy (non-hydrogen) atoms. The summed E-state index contributed by atoms with van der Waals surface area (Å²) in [4.78, 5) is 10.6. The molecule has 3 N–H and O–H groups in total. The summed E-state index contributed by atoms with van der Waals surface area (Å²) in [5.74, 6) is -0.477. The number of nitrogens with two attached hydrogens (primary N) is 1. The van der Waals surface area contributed by atoms with Crippen LogP contribution in [0.5, 0.6) is 5.75 Å². The van der Waals surface area contributed by atoms with Crippen LogP contribution in [-0.2, 0) is 11.2 Å². The number of carboxylic acids is 1. The van der Waals surface area contributed by atoms with Crippen LogP contribution in [0.25, 0.3) is 0 Å². The van der Waals surface area contributed by atoms with E-state index in [1.807, 2.05) is 6.92 Å². The first-order chi connectivity index (χ1) is 8.04. The lowest BCUT2D eigenvalue weighted by molar-refractivity contribution is -0.138. The Balaban J connectivity index is 2.77. The summed E-state index contributed by atoms with van der Waals surface area (Å²) in [5.41, 5.74) is 7.08. The fourth-order valence-electron chi connectivity index (χ4n) is 1.42. The average Bonchev–Trinajstić information content (AvgIpc) is 2.29. The minimum absolute atomic E-state index is 0.00469. The van der Waals surface area contributed by atoms with E-state index in [2.05, 4.69) is 0 Å². The van der Waals surface area contributed by atoms with E-state index in [1.165, 1.54) is 0 Å². The maximum atomic E-state index is 12.0. The second-order valence-corrected chi connectivity index (χ2v) is 3.79. The third-order valence-electron chi connectivity index (χ3n) is 2.36. The molecule has 0 saturated heterocycles. The summed E-state index contributed by atoms with van der Waals surface area (Å²) in [5, 5.41) is 8.70. The van der Waals surface area contributed by atoms with Gasteiger partial charge in [-0.25, -0.2) is 4.39 Å². The second kappa shape index (κ2) is 6.20. The van der Waals surface area contributed by atoms with Crippen LogP contribution in [0.15, 0.2) is 18.2 Å². The van der Waals surface area contributed by atoms with Gasteiger partial charge in [0, 0.05) is 0 Å². The molecule has 0 fully saturated rings. The van der Waals surface area contributed by atoms with Gasteiger partial charge in [0.2, 0.25) is 0 Å². The van der Waals surface area contributed by atoms with Gasteiger partial charge in [0.05, 0.1) is 0 Å². The number of alkyl halides is 1. The standard InChI is InChI=1S/C12H16FNO3/c1-8-2-3-9(6-10(14)12(15)16)7-11(8)17-5-4-13/h2-3,7,10H,4-6,14H2,1H3,(H,15,16)/t10-/m0/s1.